The van der Waals surface area contributed by atoms with Crippen LogP contribution in [0.25, 0.3) is 0 Å². The summed E-state index contributed by atoms with van der Waals surface area (Å²) in [7, 11) is 0. The van der Waals surface area contributed by atoms with Crippen LogP contribution in [0.5, 0.6) is 0 Å². The molecule has 2 bridgehead atoms. The standard InChI is InChI=1S/C25H43N3O5/c1-6-11-17(4)27-22(31)20-25-15-16(3)24(5,33-25)18(21(30)26-12-7-2)19(25)23(32)28(20)13-9-8-10-14-29/h16-20,29H,6-15H2,1-5H3,(H,26,30)(H,27,31)/t16?,17?,18-,19+,20?,24+,25?/m1/s1. The highest BCUT2D eigenvalue weighted by Crippen LogP contribution is 2.65. The van der Waals surface area contributed by atoms with Crippen molar-refractivity contribution in [3.8, 4) is 0 Å². The van der Waals surface area contributed by atoms with Crippen molar-refractivity contribution >= 4 is 17.7 Å². The predicted octanol–water partition coefficient (Wildman–Crippen LogP) is 1.99. The van der Waals surface area contributed by atoms with E-state index in [0.29, 0.717) is 32.4 Å². The number of fused-ring (bicyclic) bond motifs is 1. The quantitative estimate of drug-likeness (QED) is 0.382. The fraction of sp³-hybridized carbons (Fsp3) is 0.880. The first-order valence-corrected chi connectivity index (χ1v) is 12.9. The Morgan fingerprint density at radius 2 is 1.94 bits per heavy atom. The van der Waals surface area contributed by atoms with Gasteiger partial charge in [0.05, 0.1) is 17.4 Å². The molecule has 8 heteroatoms. The Morgan fingerprint density at radius 3 is 2.58 bits per heavy atom. The van der Waals surface area contributed by atoms with Crippen molar-refractivity contribution in [2.45, 2.75) is 103 Å². The lowest BCUT2D eigenvalue weighted by molar-refractivity contribution is -0.147. The molecule has 0 aliphatic carbocycles. The summed E-state index contributed by atoms with van der Waals surface area (Å²) in [6.07, 6.45) is 5.34. The monoisotopic (exact) mass is 465 g/mol. The summed E-state index contributed by atoms with van der Waals surface area (Å²) in [5.41, 5.74) is -1.75. The summed E-state index contributed by atoms with van der Waals surface area (Å²) < 4.78 is 6.68. The molecule has 0 aromatic carbocycles. The molecule has 3 aliphatic heterocycles. The van der Waals surface area contributed by atoms with Crippen molar-refractivity contribution in [1.82, 2.24) is 15.5 Å². The number of nitrogens with zero attached hydrogens (tertiary/aromatic N) is 1. The van der Waals surface area contributed by atoms with Gasteiger partial charge < -0.3 is 25.4 Å². The fourth-order valence-corrected chi connectivity index (χ4v) is 6.44. The van der Waals surface area contributed by atoms with Crippen LogP contribution in [0.2, 0.25) is 0 Å². The SMILES string of the molecule is CCCNC(=O)[C@H]1[C@H]2C(=O)N(CCCCCO)C(C(=O)NC(C)CCC)C23CC(C)[C@]1(C)O3. The first-order valence-electron chi connectivity index (χ1n) is 12.9. The minimum Gasteiger partial charge on any atom is -0.396 e. The van der Waals surface area contributed by atoms with E-state index < -0.39 is 29.1 Å². The van der Waals surface area contributed by atoms with Gasteiger partial charge in [0.1, 0.15) is 11.6 Å². The van der Waals surface area contributed by atoms with Gasteiger partial charge in [0.25, 0.3) is 0 Å². The van der Waals surface area contributed by atoms with Crippen LogP contribution in [0, 0.1) is 17.8 Å². The van der Waals surface area contributed by atoms with Crippen molar-refractivity contribution < 1.29 is 24.2 Å². The smallest absolute Gasteiger partial charge is 0.246 e. The number of rotatable bonds is 12. The van der Waals surface area contributed by atoms with Crippen LogP contribution in [0.1, 0.15) is 79.6 Å². The average Bonchev–Trinajstić information content (AvgIpc) is 3.26. The van der Waals surface area contributed by atoms with Gasteiger partial charge in [0, 0.05) is 25.7 Å². The van der Waals surface area contributed by atoms with Gasteiger partial charge >= 0.3 is 0 Å². The molecule has 3 N–H and O–H groups in total. The Morgan fingerprint density at radius 1 is 1.21 bits per heavy atom. The molecule has 7 atom stereocenters. The third-order valence-corrected chi connectivity index (χ3v) is 8.06. The molecule has 0 saturated carbocycles. The van der Waals surface area contributed by atoms with Crippen molar-refractivity contribution in [3.05, 3.63) is 0 Å². The average molecular weight is 466 g/mol. The number of aliphatic hydroxyl groups excluding tert-OH is 1. The van der Waals surface area contributed by atoms with Gasteiger partial charge in [-0.25, -0.2) is 0 Å². The summed E-state index contributed by atoms with van der Waals surface area (Å²) in [4.78, 5) is 42.4. The van der Waals surface area contributed by atoms with Gasteiger partial charge in [-0.15, -0.1) is 0 Å². The first kappa shape index (κ1) is 25.9. The summed E-state index contributed by atoms with van der Waals surface area (Å²) in [5.74, 6) is -1.67. The number of carbonyl (C=O) groups is 3. The van der Waals surface area contributed by atoms with Gasteiger partial charge in [0.2, 0.25) is 17.7 Å². The van der Waals surface area contributed by atoms with E-state index in [0.717, 1.165) is 25.7 Å². The topological polar surface area (TPSA) is 108 Å². The maximum absolute atomic E-state index is 13.8. The van der Waals surface area contributed by atoms with Crippen LogP contribution in [0.15, 0.2) is 0 Å². The number of likely N-dealkylation sites (tertiary alicyclic amines) is 1. The Labute approximate surface area is 198 Å². The Hall–Kier alpha value is -1.67. The minimum atomic E-state index is -0.980. The highest BCUT2D eigenvalue weighted by Gasteiger charge is 2.79. The van der Waals surface area contributed by atoms with E-state index in [1.54, 1.807) is 4.90 Å². The molecule has 33 heavy (non-hydrogen) atoms. The van der Waals surface area contributed by atoms with Gasteiger partial charge in [-0.1, -0.05) is 27.2 Å². The number of unbranched alkanes of at least 4 members (excludes halogenated alkanes) is 2. The van der Waals surface area contributed by atoms with Crippen LogP contribution in [0.3, 0.4) is 0 Å². The molecule has 8 nitrogen and oxygen atoms in total. The third-order valence-electron chi connectivity index (χ3n) is 8.06. The number of amides is 3. The maximum atomic E-state index is 13.8. The Balaban J connectivity index is 1.96. The Kier molecular flexibility index (Phi) is 8.10. The largest absolute Gasteiger partial charge is 0.396 e. The molecule has 3 rings (SSSR count). The molecular formula is C25H43N3O5. The van der Waals surface area contributed by atoms with E-state index in [1.165, 1.54) is 0 Å². The summed E-state index contributed by atoms with van der Waals surface area (Å²) in [5, 5.41) is 15.2. The number of hydrogen-bond acceptors (Lipinski definition) is 5. The van der Waals surface area contributed by atoms with Crippen LogP contribution >= 0.6 is 0 Å². The van der Waals surface area contributed by atoms with E-state index in [9.17, 15) is 14.4 Å². The molecule has 0 aromatic heterocycles. The van der Waals surface area contributed by atoms with Gasteiger partial charge in [0.15, 0.2) is 0 Å². The lowest BCUT2D eigenvalue weighted by Gasteiger charge is -2.36. The zero-order valence-electron chi connectivity index (χ0n) is 21.0. The van der Waals surface area contributed by atoms with Crippen LogP contribution in [-0.4, -0.2) is 70.7 Å². The highest BCUT2D eigenvalue weighted by molar-refractivity contribution is 5.99. The lowest BCUT2D eigenvalue weighted by atomic mass is 9.62. The van der Waals surface area contributed by atoms with E-state index in [1.807, 2.05) is 20.8 Å². The zero-order valence-corrected chi connectivity index (χ0v) is 21.0. The molecule has 3 heterocycles. The highest BCUT2D eigenvalue weighted by atomic mass is 16.5. The van der Waals surface area contributed by atoms with Crippen molar-refractivity contribution in [1.29, 1.82) is 0 Å². The number of ether oxygens (including phenoxy) is 1. The number of hydrogen-bond donors (Lipinski definition) is 3. The first-order chi connectivity index (χ1) is 15.7. The fourth-order valence-electron chi connectivity index (χ4n) is 6.44. The second-order valence-electron chi connectivity index (χ2n) is 10.5. The predicted molar refractivity (Wildman–Crippen MR) is 125 cm³/mol. The molecule has 188 valence electrons. The van der Waals surface area contributed by atoms with Crippen LogP contribution < -0.4 is 10.6 Å². The second-order valence-corrected chi connectivity index (χ2v) is 10.5. The van der Waals surface area contributed by atoms with E-state index in [2.05, 4.69) is 24.5 Å². The molecule has 3 saturated heterocycles. The normalized spacial score (nSPS) is 35.6. The molecule has 1 spiro atoms. The van der Waals surface area contributed by atoms with Crippen molar-refractivity contribution in [2.24, 2.45) is 17.8 Å². The van der Waals surface area contributed by atoms with E-state index >= 15 is 0 Å². The summed E-state index contributed by atoms with van der Waals surface area (Å²) in [6, 6.07) is -0.740. The number of nitrogens with one attached hydrogen (secondary N) is 2. The molecular weight excluding hydrogens is 422 g/mol. The molecule has 0 aromatic rings. The molecule has 4 unspecified atom stereocenters. The zero-order chi connectivity index (χ0) is 24.4. The lowest BCUT2D eigenvalue weighted by Crippen LogP contribution is -2.57. The van der Waals surface area contributed by atoms with Gasteiger partial charge in [-0.2, -0.15) is 0 Å². The van der Waals surface area contributed by atoms with Gasteiger partial charge in [-0.05, 0) is 58.3 Å². The summed E-state index contributed by atoms with van der Waals surface area (Å²) >= 11 is 0. The minimum absolute atomic E-state index is 0.000413. The number of carbonyl (C=O) groups excluding carboxylic acids is 3. The van der Waals surface area contributed by atoms with Crippen molar-refractivity contribution in [3.63, 3.8) is 0 Å². The van der Waals surface area contributed by atoms with E-state index in [4.69, 9.17) is 9.84 Å². The summed E-state index contributed by atoms with van der Waals surface area (Å²) in [6.45, 7) is 11.1. The molecule has 0 radical (unpaired) electrons. The second kappa shape index (κ2) is 10.3. The van der Waals surface area contributed by atoms with Crippen molar-refractivity contribution in [2.75, 3.05) is 19.7 Å². The Bertz CT molecular complexity index is 746. The molecule has 3 fully saturated rings. The molecule has 3 aliphatic rings. The molecule has 3 amide bonds. The van der Waals surface area contributed by atoms with Crippen LogP contribution in [-0.2, 0) is 19.1 Å². The van der Waals surface area contributed by atoms with Gasteiger partial charge in [-0.3, -0.25) is 14.4 Å². The maximum Gasteiger partial charge on any atom is 0.246 e. The number of aliphatic hydroxyl groups is 1. The van der Waals surface area contributed by atoms with E-state index in [-0.39, 0.29) is 36.3 Å². The third kappa shape index (κ3) is 4.41. The van der Waals surface area contributed by atoms with Crippen LogP contribution in [0.4, 0.5) is 0 Å².